The van der Waals surface area contributed by atoms with Crippen LogP contribution in [0.2, 0.25) is 0 Å². The standard InChI is InChI=1S/C7H8N2O3/c1-5-4-12-9-6(5)7(11)8-2-3-10/h3-4H,2H2,1H3,(H,8,11). The summed E-state index contributed by atoms with van der Waals surface area (Å²) in [5.41, 5.74) is 0.871. The van der Waals surface area contributed by atoms with Gasteiger partial charge in [-0.3, -0.25) is 4.79 Å². The lowest BCUT2D eigenvalue weighted by molar-refractivity contribution is -0.107. The lowest BCUT2D eigenvalue weighted by Crippen LogP contribution is -2.25. The van der Waals surface area contributed by atoms with Crippen molar-refractivity contribution >= 4 is 12.2 Å². The number of carbonyl (C=O) groups excluding carboxylic acids is 2. The van der Waals surface area contributed by atoms with Gasteiger partial charge in [-0.2, -0.15) is 0 Å². The van der Waals surface area contributed by atoms with Crippen LogP contribution in [0, 0.1) is 6.92 Å². The second kappa shape index (κ2) is 3.66. The first-order valence-corrected chi connectivity index (χ1v) is 3.38. The van der Waals surface area contributed by atoms with Crippen LogP contribution in [0.3, 0.4) is 0 Å². The van der Waals surface area contributed by atoms with E-state index in [9.17, 15) is 9.59 Å². The first-order chi connectivity index (χ1) is 5.75. The third-order valence-corrected chi connectivity index (χ3v) is 1.31. The Hall–Kier alpha value is -1.65. The molecule has 5 heteroatoms. The van der Waals surface area contributed by atoms with E-state index in [-0.39, 0.29) is 12.2 Å². The van der Waals surface area contributed by atoms with Crippen molar-refractivity contribution in [2.45, 2.75) is 6.92 Å². The number of hydrogen-bond acceptors (Lipinski definition) is 4. The molecule has 12 heavy (non-hydrogen) atoms. The van der Waals surface area contributed by atoms with Gasteiger partial charge in [0.15, 0.2) is 5.69 Å². The van der Waals surface area contributed by atoms with Gasteiger partial charge in [0.25, 0.3) is 5.91 Å². The van der Waals surface area contributed by atoms with E-state index in [1.807, 2.05) is 0 Å². The van der Waals surface area contributed by atoms with Crippen LogP contribution in [0.4, 0.5) is 0 Å². The molecular formula is C7H8N2O3. The van der Waals surface area contributed by atoms with Crippen molar-refractivity contribution in [3.05, 3.63) is 17.5 Å². The highest BCUT2D eigenvalue weighted by Gasteiger charge is 2.11. The first-order valence-electron chi connectivity index (χ1n) is 3.38. The maximum absolute atomic E-state index is 11.1. The third-order valence-electron chi connectivity index (χ3n) is 1.31. The molecule has 0 atom stereocenters. The molecule has 64 valence electrons. The van der Waals surface area contributed by atoms with Gasteiger partial charge in [0.05, 0.1) is 6.54 Å². The molecule has 0 aromatic carbocycles. The zero-order chi connectivity index (χ0) is 8.97. The molecule has 0 aliphatic carbocycles. The summed E-state index contributed by atoms with van der Waals surface area (Å²) in [6.45, 7) is 1.69. The molecule has 0 spiro atoms. The molecule has 0 fully saturated rings. The average Bonchev–Trinajstić information content (AvgIpc) is 2.47. The summed E-state index contributed by atoms with van der Waals surface area (Å²) in [4.78, 5) is 21.0. The second-order valence-electron chi connectivity index (χ2n) is 2.22. The van der Waals surface area contributed by atoms with Gasteiger partial charge in [-0.1, -0.05) is 5.16 Å². The van der Waals surface area contributed by atoms with Gasteiger partial charge in [-0.05, 0) is 6.92 Å². The van der Waals surface area contributed by atoms with E-state index >= 15 is 0 Å². The molecule has 0 unspecified atom stereocenters. The number of aryl methyl sites for hydroxylation is 1. The number of aldehydes is 1. The molecule has 1 N–H and O–H groups in total. The van der Waals surface area contributed by atoms with Crippen LogP contribution in [0.25, 0.3) is 0 Å². The Balaban J connectivity index is 2.65. The molecule has 1 heterocycles. The smallest absolute Gasteiger partial charge is 0.274 e. The minimum absolute atomic E-state index is 0.00880. The Bertz CT molecular complexity index is 293. The van der Waals surface area contributed by atoms with Crippen molar-refractivity contribution in [1.82, 2.24) is 10.5 Å². The largest absolute Gasteiger partial charge is 0.364 e. The Morgan fingerprint density at radius 2 is 2.58 bits per heavy atom. The van der Waals surface area contributed by atoms with Crippen molar-refractivity contribution < 1.29 is 14.1 Å². The van der Waals surface area contributed by atoms with E-state index in [1.54, 1.807) is 6.92 Å². The van der Waals surface area contributed by atoms with Crippen molar-refractivity contribution in [1.29, 1.82) is 0 Å². The van der Waals surface area contributed by atoms with Gasteiger partial charge in [-0.25, -0.2) is 0 Å². The molecule has 1 rings (SSSR count). The average molecular weight is 168 g/mol. The maximum Gasteiger partial charge on any atom is 0.274 e. The van der Waals surface area contributed by atoms with Gasteiger partial charge in [-0.15, -0.1) is 0 Å². The number of amides is 1. The predicted molar refractivity (Wildman–Crippen MR) is 39.6 cm³/mol. The van der Waals surface area contributed by atoms with Crippen LogP contribution in [0.1, 0.15) is 16.1 Å². The molecule has 5 nitrogen and oxygen atoms in total. The fraction of sp³-hybridized carbons (Fsp3) is 0.286. The summed E-state index contributed by atoms with van der Waals surface area (Å²) < 4.78 is 4.55. The van der Waals surface area contributed by atoms with Gasteiger partial charge in [0.2, 0.25) is 0 Å². The molecule has 0 radical (unpaired) electrons. The molecule has 0 bridgehead atoms. The molecule has 0 saturated heterocycles. The summed E-state index contributed by atoms with van der Waals surface area (Å²) in [5.74, 6) is -0.395. The van der Waals surface area contributed by atoms with Crippen molar-refractivity contribution in [2.24, 2.45) is 0 Å². The number of rotatable bonds is 3. The van der Waals surface area contributed by atoms with Crippen LogP contribution in [0.5, 0.6) is 0 Å². The quantitative estimate of drug-likeness (QED) is 0.640. The molecule has 0 saturated carbocycles. The Morgan fingerprint density at radius 3 is 3.08 bits per heavy atom. The zero-order valence-corrected chi connectivity index (χ0v) is 6.53. The second-order valence-corrected chi connectivity index (χ2v) is 2.22. The topological polar surface area (TPSA) is 72.2 Å². The fourth-order valence-corrected chi connectivity index (χ4v) is 0.725. The number of nitrogens with zero attached hydrogens (tertiary/aromatic N) is 1. The van der Waals surface area contributed by atoms with Crippen LogP contribution in [-0.4, -0.2) is 23.9 Å². The summed E-state index contributed by atoms with van der Waals surface area (Å²) in [6, 6.07) is 0. The van der Waals surface area contributed by atoms with Gasteiger partial charge in [0.1, 0.15) is 12.5 Å². The predicted octanol–water partition coefficient (Wildman–Crippen LogP) is -0.0883. The van der Waals surface area contributed by atoms with E-state index in [2.05, 4.69) is 15.0 Å². The zero-order valence-electron chi connectivity index (χ0n) is 6.53. The van der Waals surface area contributed by atoms with Crippen molar-refractivity contribution in [3.63, 3.8) is 0 Å². The molecular weight excluding hydrogens is 160 g/mol. The lowest BCUT2D eigenvalue weighted by Gasteiger charge is -1.95. The molecule has 1 amide bonds. The normalized spacial score (nSPS) is 9.42. The van der Waals surface area contributed by atoms with Gasteiger partial charge in [0, 0.05) is 5.56 Å². The highest BCUT2D eigenvalue weighted by molar-refractivity contribution is 5.94. The minimum atomic E-state index is -0.395. The molecule has 1 aromatic rings. The number of hydrogen-bond donors (Lipinski definition) is 1. The van der Waals surface area contributed by atoms with Gasteiger partial charge < -0.3 is 14.6 Å². The molecule has 0 aliphatic rings. The van der Waals surface area contributed by atoms with E-state index in [0.29, 0.717) is 11.8 Å². The summed E-state index contributed by atoms with van der Waals surface area (Å²) in [7, 11) is 0. The Morgan fingerprint density at radius 1 is 1.83 bits per heavy atom. The summed E-state index contributed by atoms with van der Waals surface area (Å²) >= 11 is 0. The van der Waals surface area contributed by atoms with E-state index in [0.717, 1.165) is 0 Å². The van der Waals surface area contributed by atoms with Crippen LogP contribution < -0.4 is 5.32 Å². The highest BCUT2D eigenvalue weighted by atomic mass is 16.5. The number of nitrogens with one attached hydrogen (secondary N) is 1. The van der Waals surface area contributed by atoms with Crippen LogP contribution in [0.15, 0.2) is 10.8 Å². The van der Waals surface area contributed by atoms with Crippen LogP contribution in [-0.2, 0) is 4.79 Å². The minimum Gasteiger partial charge on any atom is -0.364 e. The number of carbonyl (C=O) groups is 2. The summed E-state index contributed by atoms with van der Waals surface area (Å²) in [5, 5.41) is 5.81. The molecule has 0 aliphatic heterocycles. The number of aromatic nitrogens is 1. The fourth-order valence-electron chi connectivity index (χ4n) is 0.725. The first kappa shape index (κ1) is 8.45. The Kier molecular flexibility index (Phi) is 2.57. The van der Waals surface area contributed by atoms with E-state index in [4.69, 9.17) is 0 Å². The van der Waals surface area contributed by atoms with Crippen molar-refractivity contribution in [3.8, 4) is 0 Å². The van der Waals surface area contributed by atoms with Gasteiger partial charge >= 0.3 is 0 Å². The lowest BCUT2D eigenvalue weighted by atomic mass is 10.3. The SMILES string of the molecule is Cc1conc1C(=O)NCC=O. The highest BCUT2D eigenvalue weighted by Crippen LogP contribution is 2.02. The van der Waals surface area contributed by atoms with Crippen molar-refractivity contribution in [2.75, 3.05) is 6.54 Å². The van der Waals surface area contributed by atoms with E-state index in [1.165, 1.54) is 6.26 Å². The third kappa shape index (κ3) is 1.69. The summed E-state index contributed by atoms with van der Waals surface area (Å²) in [6.07, 6.45) is 1.98. The molecule has 1 aromatic heterocycles. The maximum atomic E-state index is 11.1. The monoisotopic (exact) mass is 168 g/mol. The van der Waals surface area contributed by atoms with E-state index < -0.39 is 5.91 Å². The van der Waals surface area contributed by atoms with Crippen LogP contribution >= 0.6 is 0 Å². The Labute approximate surface area is 68.7 Å².